The average molecular weight is 254 g/mol. The van der Waals surface area contributed by atoms with Crippen LogP contribution in [-0.2, 0) is 9.53 Å². The van der Waals surface area contributed by atoms with Crippen LogP contribution in [-0.4, -0.2) is 41.1 Å². The molecule has 1 aromatic rings. The second kappa shape index (κ2) is 6.09. The first kappa shape index (κ1) is 13.3. The number of carbonyl (C=O) groups is 1. The molecule has 0 aliphatic rings. The maximum atomic E-state index is 11.3. The predicted octanol–water partition coefficient (Wildman–Crippen LogP) is 0.110. The first-order chi connectivity index (χ1) is 8.06. The van der Waals surface area contributed by atoms with E-state index in [4.69, 9.17) is 22.7 Å². The number of thiocarbonyl (C=S) groups is 1. The van der Waals surface area contributed by atoms with E-state index in [1.54, 1.807) is 18.9 Å². The number of likely N-dealkylation sites (N-methyl/N-ethyl adjacent to an activating group) is 1. The smallest absolute Gasteiger partial charge is 0.325 e. The Morgan fingerprint density at radius 3 is 2.76 bits per heavy atom. The molecule has 6 nitrogen and oxygen atoms in total. The number of aromatic nitrogens is 2. The van der Waals surface area contributed by atoms with E-state index >= 15 is 0 Å². The van der Waals surface area contributed by atoms with Gasteiger partial charge in [0.2, 0.25) is 0 Å². The van der Waals surface area contributed by atoms with Crippen molar-refractivity contribution in [3.8, 4) is 0 Å². The molecule has 17 heavy (non-hydrogen) atoms. The summed E-state index contributed by atoms with van der Waals surface area (Å²) < 4.78 is 4.84. The van der Waals surface area contributed by atoms with E-state index in [1.165, 1.54) is 12.4 Å². The average Bonchev–Trinajstić information content (AvgIpc) is 2.29. The van der Waals surface area contributed by atoms with Crippen molar-refractivity contribution in [2.75, 3.05) is 25.1 Å². The molecule has 0 aromatic carbocycles. The number of anilines is 1. The van der Waals surface area contributed by atoms with Crippen LogP contribution in [0.1, 0.15) is 12.6 Å². The summed E-state index contributed by atoms with van der Waals surface area (Å²) in [6, 6.07) is 0. The van der Waals surface area contributed by atoms with Crippen molar-refractivity contribution >= 4 is 29.0 Å². The molecule has 1 aromatic heterocycles. The van der Waals surface area contributed by atoms with Gasteiger partial charge >= 0.3 is 5.97 Å². The van der Waals surface area contributed by atoms with Crippen LogP contribution in [0.5, 0.6) is 0 Å². The molecule has 1 rings (SSSR count). The zero-order chi connectivity index (χ0) is 12.8. The van der Waals surface area contributed by atoms with E-state index in [0.717, 1.165) is 0 Å². The normalized spacial score (nSPS) is 9.76. The number of hydrogen-bond donors (Lipinski definition) is 1. The first-order valence-corrected chi connectivity index (χ1v) is 5.44. The third-order valence-corrected chi connectivity index (χ3v) is 2.14. The molecule has 0 amide bonds. The van der Waals surface area contributed by atoms with Crippen molar-refractivity contribution < 1.29 is 9.53 Å². The molecule has 0 radical (unpaired) electrons. The highest BCUT2D eigenvalue weighted by molar-refractivity contribution is 7.80. The molecule has 0 aliphatic carbocycles. The molecule has 0 bridgehead atoms. The lowest BCUT2D eigenvalue weighted by Gasteiger charge is -2.18. The first-order valence-electron chi connectivity index (χ1n) is 5.03. The summed E-state index contributed by atoms with van der Waals surface area (Å²) in [5.41, 5.74) is 5.93. The van der Waals surface area contributed by atoms with Gasteiger partial charge in [-0.1, -0.05) is 12.2 Å². The van der Waals surface area contributed by atoms with Gasteiger partial charge in [0.1, 0.15) is 17.2 Å². The molecule has 0 aliphatic heterocycles. The van der Waals surface area contributed by atoms with Gasteiger partial charge in [0, 0.05) is 19.4 Å². The van der Waals surface area contributed by atoms with Gasteiger partial charge in [0.05, 0.1) is 6.61 Å². The van der Waals surface area contributed by atoms with Crippen molar-refractivity contribution in [2.24, 2.45) is 5.73 Å². The molecule has 2 N–H and O–H groups in total. The minimum atomic E-state index is -0.338. The zero-order valence-corrected chi connectivity index (χ0v) is 10.5. The number of rotatable bonds is 5. The Morgan fingerprint density at radius 1 is 1.53 bits per heavy atom. The van der Waals surface area contributed by atoms with Crippen molar-refractivity contribution in [3.05, 3.63) is 18.1 Å². The molecule has 0 atom stereocenters. The summed E-state index contributed by atoms with van der Waals surface area (Å²) in [6.45, 7) is 2.16. The van der Waals surface area contributed by atoms with E-state index in [-0.39, 0.29) is 17.5 Å². The van der Waals surface area contributed by atoms with Crippen LogP contribution in [0.4, 0.5) is 5.82 Å². The van der Waals surface area contributed by atoms with Crippen molar-refractivity contribution in [1.29, 1.82) is 0 Å². The highest BCUT2D eigenvalue weighted by Crippen LogP contribution is 2.12. The van der Waals surface area contributed by atoms with Gasteiger partial charge in [0.25, 0.3) is 0 Å². The molecule has 1 heterocycles. The summed E-state index contributed by atoms with van der Waals surface area (Å²) >= 11 is 4.87. The summed E-state index contributed by atoms with van der Waals surface area (Å²) in [7, 11) is 1.70. The van der Waals surface area contributed by atoms with Crippen LogP contribution in [0.2, 0.25) is 0 Å². The number of carbonyl (C=O) groups excluding carboxylic acids is 1. The number of nitrogens with zero attached hydrogens (tertiary/aromatic N) is 3. The van der Waals surface area contributed by atoms with Crippen LogP contribution >= 0.6 is 12.2 Å². The Labute approximate surface area is 105 Å². The third kappa shape index (κ3) is 3.63. The largest absolute Gasteiger partial charge is 0.465 e. The van der Waals surface area contributed by atoms with E-state index < -0.39 is 0 Å². The van der Waals surface area contributed by atoms with Gasteiger partial charge in [-0.2, -0.15) is 0 Å². The number of esters is 1. The summed E-state index contributed by atoms with van der Waals surface area (Å²) in [6.07, 6.45) is 3.01. The molecule has 7 heteroatoms. The number of ether oxygens (including phenoxy) is 1. The maximum absolute atomic E-state index is 11.3. The maximum Gasteiger partial charge on any atom is 0.325 e. The van der Waals surface area contributed by atoms with Crippen LogP contribution in [0.15, 0.2) is 12.4 Å². The van der Waals surface area contributed by atoms with E-state index in [9.17, 15) is 4.79 Å². The van der Waals surface area contributed by atoms with Crippen LogP contribution in [0.25, 0.3) is 0 Å². The fraction of sp³-hybridized carbons (Fsp3) is 0.400. The SMILES string of the molecule is CCOC(=O)CN(C)c1nccnc1C(N)=S. The quantitative estimate of drug-likeness (QED) is 0.590. The highest BCUT2D eigenvalue weighted by Gasteiger charge is 2.15. The van der Waals surface area contributed by atoms with Crippen LogP contribution < -0.4 is 10.6 Å². The van der Waals surface area contributed by atoms with Gasteiger partial charge in [-0.05, 0) is 6.92 Å². The fourth-order valence-corrected chi connectivity index (χ4v) is 1.40. The van der Waals surface area contributed by atoms with Crippen molar-refractivity contribution in [3.63, 3.8) is 0 Å². The summed E-state index contributed by atoms with van der Waals surface area (Å²) in [4.78, 5) is 21.2. The Morgan fingerprint density at radius 2 is 2.18 bits per heavy atom. The van der Waals surface area contributed by atoms with E-state index in [1.807, 2.05) is 0 Å². The van der Waals surface area contributed by atoms with Crippen molar-refractivity contribution in [2.45, 2.75) is 6.92 Å². The molecule has 0 saturated heterocycles. The molecule has 92 valence electrons. The Bertz CT molecular complexity index is 425. The van der Waals surface area contributed by atoms with Gasteiger partial charge in [0.15, 0.2) is 5.82 Å². The van der Waals surface area contributed by atoms with Gasteiger partial charge < -0.3 is 15.4 Å². The van der Waals surface area contributed by atoms with E-state index in [2.05, 4.69) is 9.97 Å². The molecule has 0 saturated carbocycles. The monoisotopic (exact) mass is 254 g/mol. The Balaban J connectivity index is 2.85. The molecular formula is C10H14N4O2S. The molecular weight excluding hydrogens is 240 g/mol. The summed E-state index contributed by atoms with van der Waals surface area (Å²) in [5.74, 6) is 0.127. The summed E-state index contributed by atoms with van der Waals surface area (Å²) in [5, 5.41) is 0. The van der Waals surface area contributed by atoms with Crippen LogP contribution in [0, 0.1) is 0 Å². The third-order valence-electron chi connectivity index (χ3n) is 1.95. The molecule has 0 spiro atoms. The minimum Gasteiger partial charge on any atom is -0.465 e. The lowest BCUT2D eigenvalue weighted by molar-refractivity contribution is -0.141. The highest BCUT2D eigenvalue weighted by atomic mass is 32.1. The lowest BCUT2D eigenvalue weighted by Crippen LogP contribution is -2.30. The van der Waals surface area contributed by atoms with Gasteiger partial charge in [-0.3, -0.25) is 4.79 Å². The Kier molecular flexibility index (Phi) is 4.77. The zero-order valence-electron chi connectivity index (χ0n) is 9.71. The van der Waals surface area contributed by atoms with Gasteiger partial charge in [-0.15, -0.1) is 0 Å². The topological polar surface area (TPSA) is 81.3 Å². The molecule has 0 fully saturated rings. The number of hydrogen-bond acceptors (Lipinski definition) is 6. The van der Waals surface area contributed by atoms with Crippen molar-refractivity contribution in [1.82, 2.24) is 9.97 Å². The predicted molar refractivity (Wildman–Crippen MR) is 67.8 cm³/mol. The lowest BCUT2D eigenvalue weighted by atomic mass is 10.3. The standard InChI is InChI=1S/C10H14N4O2S/c1-3-16-7(15)6-14(2)10-8(9(11)17)12-4-5-13-10/h4-5H,3,6H2,1-2H3,(H2,11,17). The second-order valence-electron chi connectivity index (χ2n) is 3.25. The Hall–Kier alpha value is -1.76. The fourth-order valence-electron chi connectivity index (χ4n) is 1.26. The van der Waals surface area contributed by atoms with Gasteiger partial charge in [-0.25, -0.2) is 9.97 Å². The van der Waals surface area contributed by atoms with Crippen LogP contribution in [0.3, 0.4) is 0 Å². The van der Waals surface area contributed by atoms with E-state index in [0.29, 0.717) is 18.1 Å². The minimum absolute atomic E-state index is 0.0716. The second-order valence-corrected chi connectivity index (χ2v) is 3.69. The number of nitrogens with two attached hydrogens (primary N) is 1. The molecule has 0 unspecified atom stereocenters.